The molecule has 1 fully saturated rings. The van der Waals surface area contributed by atoms with Crippen molar-refractivity contribution in [1.29, 1.82) is 0 Å². The number of carbonyl (C=O) groups excluding carboxylic acids is 2. The summed E-state index contributed by atoms with van der Waals surface area (Å²) in [7, 11) is 0. The van der Waals surface area contributed by atoms with Gasteiger partial charge in [0.1, 0.15) is 12.4 Å². The van der Waals surface area contributed by atoms with Crippen molar-refractivity contribution in [2.24, 2.45) is 0 Å². The lowest BCUT2D eigenvalue weighted by atomic mass is 10.0. The van der Waals surface area contributed by atoms with Gasteiger partial charge in [-0.15, -0.1) is 23.1 Å². The summed E-state index contributed by atoms with van der Waals surface area (Å²) < 4.78 is 7.57. The maximum absolute atomic E-state index is 13.8. The van der Waals surface area contributed by atoms with Crippen molar-refractivity contribution in [3.8, 4) is 16.9 Å². The van der Waals surface area contributed by atoms with Crippen molar-refractivity contribution in [3.63, 3.8) is 0 Å². The summed E-state index contributed by atoms with van der Waals surface area (Å²) in [5, 5.41) is 10.2. The fourth-order valence-electron chi connectivity index (χ4n) is 5.44. The van der Waals surface area contributed by atoms with Gasteiger partial charge in [0.05, 0.1) is 28.5 Å². The molecule has 1 saturated heterocycles. The number of carbonyl (C=O) groups is 2. The molecule has 0 saturated carbocycles. The van der Waals surface area contributed by atoms with E-state index in [2.05, 4.69) is 54.9 Å². The Kier molecular flexibility index (Phi) is 7.78. The summed E-state index contributed by atoms with van der Waals surface area (Å²) in [6.45, 7) is 5.22. The number of thioether (sulfide) groups is 1. The molecule has 0 spiro atoms. The fraction of sp³-hybridized carbons (Fsp3) is 0.323. The van der Waals surface area contributed by atoms with Gasteiger partial charge in [-0.2, -0.15) is 5.10 Å². The van der Waals surface area contributed by atoms with Crippen LogP contribution in [-0.2, 0) is 14.3 Å². The van der Waals surface area contributed by atoms with E-state index in [1.165, 1.54) is 0 Å². The van der Waals surface area contributed by atoms with Gasteiger partial charge in [0.2, 0.25) is 11.8 Å². The minimum atomic E-state index is -0.205. The van der Waals surface area contributed by atoms with Crippen molar-refractivity contribution in [2.45, 2.75) is 38.0 Å². The van der Waals surface area contributed by atoms with Gasteiger partial charge in [0, 0.05) is 29.2 Å². The Labute approximate surface area is 242 Å². The molecule has 4 aromatic rings. The topological polar surface area (TPSA) is 76.5 Å². The van der Waals surface area contributed by atoms with E-state index in [0.29, 0.717) is 12.4 Å². The Balaban J connectivity index is 1.52. The molecule has 2 aromatic carbocycles. The quantitative estimate of drug-likeness (QED) is 0.308. The van der Waals surface area contributed by atoms with Crippen LogP contribution in [0.15, 0.2) is 66.0 Å². The highest BCUT2D eigenvalue weighted by atomic mass is 32.2. The van der Waals surface area contributed by atoms with E-state index < -0.39 is 0 Å². The molecule has 6 rings (SSSR count). The van der Waals surface area contributed by atoms with E-state index in [1.807, 2.05) is 35.0 Å². The number of hydrogen-bond donors (Lipinski definition) is 1. The summed E-state index contributed by atoms with van der Waals surface area (Å²) in [5.41, 5.74) is 5.83. The Morgan fingerprint density at radius 1 is 1.12 bits per heavy atom. The van der Waals surface area contributed by atoms with Gasteiger partial charge in [-0.25, -0.2) is 4.68 Å². The number of thiophene rings is 1. The molecule has 0 radical (unpaired) electrons. The zero-order chi connectivity index (χ0) is 27.6. The van der Waals surface area contributed by atoms with Crippen LogP contribution in [-0.4, -0.2) is 53.1 Å². The SMILES string of the molecule is Cc1ccc(-n2nc(-c3ccccc3)c3c2N(CC(=O)NCC2CCCO2)C(=O)CSC3c2cccs2)c(C)c1. The first-order valence-corrected chi connectivity index (χ1v) is 15.5. The largest absolute Gasteiger partial charge is 0.376 e. The van der Waals surface area contributed by atoms with Gasteiger partial charge >= 0.3 is 0 Å². The van der Waals surface area contributed by atoms with Gasteiger partial charge in [-0.1, -0.05) is 54.1 Å². The standard InChI is InChI=1S/C31H32N4O3S2/c1-20-12-13-24(21(2)16-20)35-31-28(29(33-35)22-8-4-3-5-9-22)30(25-11-7-15-39-25)40-19-27(37)34(31)18-26(36)32-17-23-10-6-14-38-23/h3-5,7-9,11-13,15-16,23,30H,6,10,14,17-19H2,1-2H3,(H,32,36). The minimum absolute atomic E-state index is 0.0310. The number of benzene rings is 2. The van der Waals surface area contributed by atoms with Crippen molar-refractivity contribution >= 4 is 40.7 Å². The van der Waals surface area contributed by atoms with Crippen LogP contribution in [0.2, 0.25) is 0 Å². The second-order valence-corrected chi connectivity index (χ2v) is 12.4. The molecule has 4 heterocycles. The molecule has 40 heavy (non-hydrogen) atoms. The van der Waals surface area contributed by atoms with E-state index in [0.717, 1.165) is 58.0 Å². The molecule has 0 aliphatic carbocycles. The van der Waals surface area contributed by atoms with E-state index in [9.17, 15) is 9.59 Å². The lowest BCUT2D eigenvalue weighted by Gasteiger charge is -2.24. The third-order valence-corrected chi connectivity index (χ3v) is 9.69. The smallest absolute Gasteiger partial charge is 0.240 e. The van der Waals surface area contributed by atoms with Gasteiger partial charge in [-0.05, 0) is 49.8 Å². The highest BCUT2D eigenvalue weighted by Gasteiger charge is 2.38. The number of anilines is 1. The second kappa shape index (κ2) is 11.6. The number of rotatable bonds is 7. The Morgan fingerprint density at radius 3 is 2.70 bits per heavy atom. The molecule has 2 aromatic heterocycles. The number of nitrogens with one attached hydrogen (secondary N) is 1. The van der Waals surface area contributed by atoms with Gasteiger partial charge in [-0.3, -0.25) is 14.5 Å². The molecular formula is C31H32N4O3S2. The summed E-state index contributed by atoms with van der Waals surface area (Å²) in [6, 6.07) is 20.5. The normalized spacial score (nSPS) is 18.9. The zero-order valence-corrected chi connectivity index (χ0v) is 24.3. The molecule has 2 atom stereocenters. The Hall–Kier alpha value is -3.40. The highest BCUT2D eigenvalue weighted by molar-refractivity contribution is 8.00. The number of ether oxygens (including phenoxy) is 1. The van der Waals surface area contributed by atoms with Gasteiger partial charge in [0.25, 0.3) is 0 Å². The first-order chi connectivity index (χ1) is 19.5. The number of fused-ring (bicyclic) bond motifs is 1. The van der Waals surface area contributed by atoms with Gasteiger partial charge in [0.15, 0.2) is 0 Å². The lowest BCUT2D eigenvalue weighted by molar-refractivity contribution is -0.123. The number of aryl methyl sites for hydroxylation is 2. The average Bonchev–Trinajstić information content (AvgIpc) is 3.72. The number of aromatic nitrogens is 2. The summed E-state index contributed by atoms with van der Waals surface area (Å²) >= 11 is 3.27. The predicted octanol–water partition coefficient (Wildman–Crippen LogP) is 5.68. The van der Waals surface area contributed by atoms with Crippen molar-refractivity contribution in [3.05, 3.63) is 87.6 Å². The van der Waals surface area contributed by atoms with Gasteiger partial charge < -0.3 is 10.1 Å². The van der Waals surface area contributed by atoms with Crippen molar-refractivity contribution in [1.82, 2.24) is 15.1 Å². The molecule has 2 amide bonds. The number of amides is 2. The Morgan fingerprint density at radius 2 is 1.98 bits per heavy atom. The van der Waals surface area contributed by atoms with Crippen LogP contribution in [0.1, 0.15) is 39.7 Å². The first-order valence-electron chi connectivity index (χ1n) is 13.6. The molecule has 2 unspecified atom stereocenters. The minimum Gasteiger partial charge on any atom is -0.376 e. The van der Waals surface area contributed by atoms with Crippen LogP contribution in [0.5, 0.6) is 0 Å². The molecule has 2 aliphatic heterocycles. The molecule has 1 N–H and O–H groups in total. The summed E-state index contributed by atoms with van der Waals surface area (Å²) in [6.07, 6.45) is 1.97. The summed E-state index contributed by atoms with van der Waals surface area (Å²) in [4.78, 5) is 29.9. The highest BCUT2D eigenvalue weighted by Crippen LogP contribution is 2.49. The van der Waals surface area contributed by atoms with E-state index >= 15 is 0 Å². The number of nitrogens with zero attached hydrogens (tertiary/aromatic N) is 3. The average molecular weight is 573 g/mol. The van der Waals surface area contributed by atoms with Crippen LogP contribution in [0.4, 0.5) is 5.82 Å². The van der Waals surface area contributed by atoms with Crippen LogP contribution in [0.25, 0.3) is 16.9 Å². The maximum Gasteiger partial charge on any atom is 0.240 e. The molecule has 0 bridgehead atoms. The van der Waals surface area contributed by atoms with Crippen molar-refractivity contribution < 1.29 is 14.3 Å². The third kappa shape index (κ3) is 5.33. The maximum atomic E-state index is 13.8. The van der Waals surface area contributed by atoms with Crippen LogP contribution in [0, 0.1) is 13.8 Å². The van der Waals surface area contributed by atoms with E-state index in [4.69, 9.17) is 9.84 Å². The molecule has 206 valence electrons. The molecule has 7 nitrogen and oxygen atoms in total. The molecule has 2 aliphatic rings. The van der Waals surface area contributed by atoms with Crippen LogP contribution < -0.4 is 10.2 Å². The molecule has 9 heteroatoms. The van der Waals surface area contributed by atoms with E-state index in [-0.39, 0.29) is 35.5 Å². The number of hydrogen-bond acceptors (Lipinski definition) is 6. The monoisotopic (exact) mass is 572 g/mol. The lowest BCUT2D eigenvalue weighted by Crippen LogP contribution is -2.44. The predicted molar refractivity (Wildman–Crippen MR) is 161 cm³/mol. The zero-order valence-electron chi connectivity index (χ0n) is 22.6. The summed E-state index contributed by atoms with van der Waals surface area (Å²) in [5.74, 6) is 0.607. The van der Waals surface area contributed by atoms with E-state index in [1.54, 1.807) is 28.0 Å². The fourth-order valence-corrected chi connectivity index (χ4v) is 7.61. The second-order valence-electron chi connectivity index (χ2n) is 10.3. The van der Waals surface area contributed by atoms with Crippen LogP contribution >= 0.6 is 23.1 Å². The van der Waals surface area contributed by atoms with Crippen molar-refractivity contribution in [2.75, 3.05) is 30.3 Å². The third-order valence-electron chi connectivity index (χ3n) is 7.37. The molecular weight excluding hydrogens is 541 g/mol. The van der Waals surface area contributed by atoms with Crippen LogP contribution in [0.3, 0.4) is 0 Å². The first kappa shape index (κ1) is 26.8. The Bertz CT molecular complexity index is 1510.